The lowest BCUT2D eigenvalue weighted by atomic mass is 9.85. The molecule has 0 saturated carbocycles. The van der Waals surface area contributed by atoms with Crippen LogP contribution in [-0.2, 0) is 17.6 Å². The molecular weight excluding hydrogens is 495 g/mol. The molecule has 0 bridgehead atoms. The molecule has 1 aliphatic rings. The first-order valence-electron chi connectivity index (χ1n) is 13.0. The number of amides is 2. The quantitative estimate of drug-likeness (QED) is 0.164. The Morgan fingerprint density at radius 3 is 2.79 bits per heavy atom. The zero-order valence-electron chi connectivity index (χ0n) is 21.7. The summed E-state index contributed by atoms with van der Waals surface area (Å²) in [6.07, 6.45) is 5.30. The van der Waals surface area contributed by atoms with Crippen molar-refractivity contribution < 1.29 is 19.1 Å². The fourth-order valence-electron chi connectivity index (χ4n) is 5.50. The van der Waals surface area contributed by atoms with Crippen LogP contribution in [0.2, 0.25) is 0 Å². The molecule has 0 fully saturated rings. The van der Waals surface area contributed by atoms with E-state index in [1.54, 1.807) is 11.0 Å². The van der Waals surface area contributed by atoms with Gasteiger partial charge < -0.3 is 26.0 Å². The number of halogens is 1. The maximum absolute atomic E-state index is 13.2. The van der Waals surface area contributed by atoms with E-state index in [1.807, 2.05) is 43.3 Å². The lowest BCUT2D eigenvalue weighted by Gasteiger charge is -2.34. The molecule has 0 spiro atoms. The number of aromatic amines is 1. The number of aryl methyl sites for hydroxylation is 2. The maximum atomic E-state index is 13.2. The second-order valence-corrected chi connectivity index (χ2v) is 9.92. The Balaban J connectivity index is 1.30. The van der Waals surface area contributed by atoms with Crippen LogP contribution in [0, 0.1) is 12.7 Å². The first-order valence-corrected chi connectivity index (χ1v) is 13.0. The molecule has 2 amide bonds. The molecule has 3 aromatic carbocycles. The third-order valence-electron chi connectivity index (χ3n) is 7.40. The van der Waals surface area contributed by atoms with Crippen LogP contribution >= 0.6 is 0 Å². The summed E-state index contributed by atoms with van der Waals surface area (Å²) in [5.74, 6) is -0.850. The summed E-state index contributed by atoms with van der Waals surface area (Å²) in [5.41, 5.74) is 12.5. The highest BCUT2D eigenvalue weighted by Gasteiger charge is 2.29. The van der Waals surface area contributed by atoms with E-state index >= 15 is 0 Å². The summed E-state index contributed by atoms with van der Waals surface area (Å²) in [6.45, 7) is 2.43. The molecule has 1 aromatic heterocycles. The van der Waals surface area contributed by atoms with Gasteiger partial charge in [0, 0.05) is 29.2 Å². The normalized spacial score (nSPS) is 14.9. The summed E-state index contributed by atoms with van der Waals surface area (Å²) in [4.78, 5) is 29.7. The summed E-state index contributed by atoms with van der Waals surface area (Å²) in [5, 5.41) is 13.9. The lowest BCUT2D eigenvalue weighted by Crippen LogP contribution is -2.37. The predicted molar refractivity (Wildman–Crippen MR) is 152 cm³/mol. The van der Waals surface area contributed by atoms with Crippen LogP contribution in [0.15, 0.2) is 66.7 Å². The van der Waals surface area contributed by atoms with Crippen molar-refractivity contribution in [3.05, 3.63) is 101 Å². The number of carbonyl (C=O) groups is 2. The number of carboxylic acid groups (broad SMARTS) is 1. The zero-order valence-corrected chi connectivity index (χ0v) is 21.7. The Hall–Kier alpha value is -4.59. The first kappa shape index (κ1) is 26.0. The number of nitrogens with one attached hydrogen (secondary N) is 2. The average molecular weight is 527 g/mol. The van der Waals surface area contributed by atoms with Crippen molar-refractivity contribution in [1.29, 1.82) is 0 Å². The second kappa shape index (κ2) is 11.0. The first-order chi connectivity index (χ1) is 18.8. The number of fused-ring (bicyclic) bond motifs is 2. The number of H-pyrrole nitrogens is 1. The number of hydrogen-bond acceptors (Lipinski definition) is 3. The number of para-hydroxylation sites is 1. The molecule has 1 unspecified atom stereocenters. The number of nitrogens with zero attached hydrogens (tertiary/aromatic N) is 1. The number of benzene rings is 3. The average Bonchev–Trinajstić information content (AvgIpc) is 3.23. The summed E-state index contributed by atoms with van der Waals surface area (Å²) >= 11 is 0. The Bertz CT molecular complexity index is 1580. The molecule has 8 heteroatoms. The molecule has 7 nitrogen and oxygen atoms in total. The Morgan fingerprint density at radius 2 is 2.00 bits per heavy atom. The van der Waals surface area contributed by atoms with Gasteiger partial charge in [0.05, 0.1) is 17.4 Å². The monoisotopic (exact) mass is 526 g/mol. The number of nitrogens with two attached hydrogens (primary N) is 1. The predicted octanol–water partition coefficient (Wildman–Crippen LogP) is 6.45. The van der Waals surface area contributed by atoms with E-state index in [0.29, 0.717) is 18.7 Å². The van der Waals surface area contributed by atoms with Crippen molar-refractivity contribution in [1.82, 2.24) is 9.88 Å². The van der Waals surface area contributed by atoms with Crippen LogP contribution in [0.5, 0.6) is 0 Å². The van der Waals surface area contributed by atoms with Crippen molar-refractivity contribution in [3.63, 3.8) is 0 Å². The Morgan fingerprint density at radius 1 is 1.18 bits per heavy atom. The van der Waals surface area contributed by atoms with Gasteiger partial charge >= 0.3 is 6.09 Å². The number of nitrogen functional groups attached to an aromatic ring is 1. The molecule has 0 saturated heterocycles. The topological polar surface area (TPSA) is 111 Å². The summed E-state index contributed by atoms with van der Waals surface area (Å²) in [7, 11) is 0. The van der Waals surface area contributed by atoms with E-state index in [4.69, 9.17) is 5.73 Å². The van der Waals surface area contributed by atoms with Gasteiger partial charge in [-0.05, 0) is 85.2 Å². The van der Waals surface area contributed by atoms with Crippen LogP contribution in [0.1, 0.15) is 46.8 Å². The van der Waals surface area contributed by atoms with Crippen molar-refractivity contribution in [3.8, 4) is 0 Å². The van der Waals surface area contributed by atoms with E-state index in [0.717, 1.165) is 64.2 Å². The van der Waals surface area contributed by atoms with E-state index in [-0.39, 0.29) is 17.6 Å². The van der Waals surface area contributed by atoms with Crippen molar-refractivity contribution in [2.75, 3.05) is 17.6 Å². The fraction of sp³-hybridized carbons (Fsp3) is 0.226. The van der Waals surface area contributed by atoms with Crippen molar-refractivity contribution in [2.45, 2.75) is 38.6 Å². The number of anilines is 2. The van der Waals surface area contributed by atoms with Crippen LogP contribution < -0.4 is 11.1 Å². The zero-order chi connectivity index (χ0) is 27.5. The third kappa shape index (κ3) is 5.65. The number of rotatable bonds is 7. The van der Waals surface area contributed by atoms with Gasteiger partial charge in [0.2, 0.25) is 5.91 Å². The SMILES string of the molecule is Cc1[nH]c2ccccc2c1CCN(C(=O)O)C1CCCc2cc(C=CC(=O)Nc3ccc(F)cc3N)ccc21. The van der Waals surface area contributed by atoms with E-state index in [2.05, 4.69) is 16.4 Å². The number of hydrogen-bond donors (Lipinski definition) is 4. The van der Waals surface area contributed by atoms with Gasteiger partial charge in [-0.15, -0.1) is 0 Å². The molecule has 1 aliphatic carbocycles. The molecule has 4 aromatic rings. The Kier molecular flexibility index (Phi) is 7.36. The largest absolute Gasteiger partial charge is 0.465 e. The lowest BCUT2D eigenvalue weighted by molar-refractivity contribution is -0.111. The van der Waals surface area contributed by atoms with Gasteiger partial charge in [-0.2, -0.15) is 0 Å². The minimum atomic E-state index is -0.925. The third-order valence-corrected chi connectivity index (χ3v) is 7.40. The minimum Gasteiger partial charge on any atom is -0.465 e. The molecule has 0 radical (unpaired) electrons. The molecule has 1 heterocycles. The van der Waals surface area contributed by atoms with Crippen molar-refractivity contribution >= 4 is 40.4 Å². The molecule has 5 rings (SSSR count). The molecule has 0 aliphatic heterocycles. The van der Waals surface area contributed by atoms with Gasteiger partial charge in [-0.25, -0.2) is 9.18 Å². The smallest absolute Gasteiger partial charge is 0.407 e. The Labute approximate surface area is 226 Å². The molecule has 5 N–H and O–H groups in total. The fourth-order valence-corrected chi connectivity index (χ4v) is 5.50. The summed E-state index contributed by atoms with van der Waals surface area (Å²) < 4.78 is 13.2. The van der Waals surface area contributed by atoms with Gasteiger partial charge in [0.25, 0.3) is 0 Å². The van der Waals surface area contributed by atoms with Crippen LogP contribution in [-0.4, -0.2) is 33.5 Å². The van der Waals surface area contributed by atoms with Crippen LogP contribution in [0.4, 0.5) is 20.6 Å². The van der Waals surface area contributed by atoms with E-state index in [1.165, 1.54) is 18.2 Å². The van der Waals surface area contributed by atoms with E-state index in [9.17, 15) is 19.1 Å². The van der Waals surface area contributed by atoms with Gasteiger partial charge in [0.1, 0.15) is 5.82 Å². The van der Waals surface area contributed by atoms with Gasteiger partial charge in [0.15, 0.2) is 0 Å². The highest BCUT2D eigenvalue weighted by Crippen LogP contribution is 2.36. The number of carbonyl (C=O) groups excluding carboxylic acids is 1. The second-order valence-electron chi connectivity index (χ2n) is 9.92. The van der Waals surface area contributed by atoms with E-state index < -0.39 is 11.9 Å². The maximum Gasteiger partial charge on any atom is 0.407 e. The van der Waals surface area contributed by atoms with Crippen LogP contribution in [0.25, 0.3) is 17.0 Å². The molecular formula is C31H31FN4O3. The molecule has 39 heavy (non-hydrogen) atoms. The summed E-state index contributed by atoms with van der Waals surface area (Å²) in [6, 6.07) is 17.6. The van der Waals surface area contributed by atoms with Crippen molar-refractivity contribution in [2.24, 2.45) is 0 Å². The number of aromatic nitrogens is 1. The highest BCUT2D eigenvalue weighted by atomic mass is 19.1. The standard InChI is InChI=1S/C31H31FN4O3/c1-19-23(25-6-2-3-7-27(25)34-19)15-16-36(31(38)39)29-8-4-5-21-17-20(9-12-24(21)29)10-14-30(37)35-28-13-11-22(32)18-26(28)33/h2-3,6-7,9-14,17-18,29,34H,4-5,8,15-16,33H2,1H3,(H,35,37)(H,38,39). The minimum absolute atomic E-state index is 0.152. The van der Waals surface area contributed by atoms with Gasteiger partial charge in [-0.1, -0.05) is 36.4 Å². The van der Waals surface area contributed by atoms with Gasteiger partial charge in [-0.3, -0.25) is 4.79 Å². The molecule has 200 valence electrons. The molecule has 1 atom stereocenters. The highest BCUT2D eigenvalue weighted by molar-refractivity contribution is 6.03. The van der Waals surface area contributed by atoms with Crippen LogP contribution in [0.3, 0.4) is 0 Å².